The number of rotatable bonds is 1. The Morgan fingerprint density at radius 3 is 2.93 bits per heavy atom. The van der Waals surface area contributed by atoms with Crippen LogP contribution in [0.4, 0.5) is 0 Å². The van der Waals surface area contributed by atoms with Gasteiger partial charge in [0.15, 0.2) is 4.80 Å². The van der Waals surface area contributed by atoms with Crippen molar-refractivity contribution in [2.45, 2.75) is 6.54 Å². The van der Waals surface area contributed by atoms with Crippen LogP contribution in [0.3, 0.4) is 0 Å². The topological polar surface area (TPSA) is 28.8 Å². The molecule has 1 aromatic heterocycles. The molecule has 2 nitrogen and oxygen atoms in total. The summed E-state index contributed by atoms with van der Waals surface area (Å²) in [5.41, 5.74) is 0.863. The minimum absolute atomic E-state index is 0. The van der Waals surface area contributed by atoms with Crippen LogP contribution >= 0.6 is 39.9 Å². The molecule has 15 heavy (non-hydrogen) atoms. The lowest BCUT2D eigenvalue weighted by atomic mass is 10.3. The number of aromatic nitrogens is 1. The minimum atomic E-state index is 0. The van der Waals surface area contributed by atoms with Crippen LogP contribution < -0.4 is 4.80 Å². The number of halogens is 2. The lowest BCUT2D eigenvalue weighted by Crippen LogP contribution is -2.11. The number of terminal acetylenes is 1. The van der Waals surface area contributed by atoms with Crippen molar-refractivity contribution in [3.05, 3.63) is 28.0 Å². The SMILES string of the molecule is Br.C#CCn1c(=N)sc2cccc(Cl)c21. The molecule has 0 unspecified atom stereocenters. The summed E-state index contributed by atoms with van der Waals surface area (Å²) in [6, 6.07) is 5.63. The molecule has 0 spiro atoms. The quantitative estimate of drug-likeness (QED) is 0.785. The first-order chi connectivity index (χ1) is 6.74. The van der Waals surface area contributed by atoms with Gasteiger partial charge in [-0.3, -0.25) is 5.41 Å². The Hall–Kier alpha value is -0.760. The fourth-order valence-electron chi connectivity index (χ4n) is 1.34. The van der Waals surface area contributed by atoms with E-state index in [0.717, 1.165) is 10.2 Å². The van der Waals surface area contributed by atoms with E-state index in [1.54, 1.807) is 4.57 Å². The number of nitrogens with zero attached hydrogens (tertiary/aromatic N) is 1. The van der Waals surface area contributed by atoms with Gasteiger partial charge in [-0.05, 0) is 12.1 Å². The zero-order valence-electron chi connectivity index (χ0n) is 7.66. The molecule has 0 aliphatic heterocycles. The van der Waals surface area contributed by atoms with Crippen molar-refractivity contribution in [1.29, 1.82) is 5.41 Å². The van der Waals surface area contributed by atoms with Gasteiger partial charge in [-0.2, -0.15) is 0 Å². The van der Waals surface area contributed by atoms with Gasteiger partial charge in [-0.25, -0.2) is 0 Å². The molecule has 0 saturated carbocycles. The van der Waals surface area contributed by atoms with E-state index in [4.69, 9.17) is 23.4 Å². The fourth-order valence-corrected chi connectivity index (χ4v) is 2.61. The van der Waals surface area contributed by atoms with Crippen LogP contribution in [0.2, 0.25) is 5.02 Å². The monoisotopic (exact) mass is 302 g/mol. The molecular weight excluding hydrogens is 296 g/mol. The third-order valence-electron chi connectivity index (χ3n) is 1.92. The standard InChI is InChI=1S/C10H7ClN2S.BrH/c1-2-6-13-9-7(11)4-3-5-8(9)14-10(13)12;/h1,3-5,12H,6H2;1H. The second kappa shape index (κ2) is 4.84. The lowest BCUT2D eigenvalue weighted by Gasteiger charge is -2.00. The van der Waals surface area contributed by atoms with Gasteiger partial charge >= 0.3 is 0 Å². The highest BCUT2D eigenvalue weighted by molar-refractivity contribution is 8.93. The number of hydrogen-bond donors (Lipinski definition) is 1. The van der Waals surface area contributed by atoms with Gasteiger partial charge in [-0.15, -0.1) is 23.4 Å². The molecule has 1 aromatic carbocycles. The predicted octanol–water partition coefficient (Wildman–Crippen LogP) is 3.05. The Morgan fingerprint density at radius 1 is 1.53 bits per heavy atom. The van der Waals surface area contributed by atoms with E-state index in [1.807, 2.05) is 18.2 Å². The summed E-state index contributed by atoms with van der Waals surface area (Å²) in [4.78, 5) is 0.436. The third kappa shape index (κ3) is 2.10. The highest BCUT2D eigenvalue weighted by Gasteiger charge is 2.06. The van der Waals surface area contributed by atoms with Gasteiger partial charge in [0.1, 0.15) is 0 Å². The average Bonchev–Trinajstić information content (AvgIpc) is 2.45. The van der Waals surface area contributed by atoms with Crippen LogP contribution in [0, 0.1) is 17.8 Å². The maximum Gasteiger partial charge on any atom is 0.183 e. The molecule has 0 saturated heterocycles. The zero-order valence-corrected chi connectivity index (χ0v) is 10.9. The molecule has 0 bridgehead atoms. The second-order valence-corrected chi connectivity index (χ2v) is 4.22. The second-order valence-electron chi connectivity index (χ2n) is 2.78. The molecule has 0 amide bonds. The normalized spacial score (nSPS) is 9.60. The Labute approximate surface area is 107 Å². The third-order valence-corrected chi connectivity index (χ3v) is 3.19. The van der Waals surface area contributed by atoms with Gasteiger partial charge in [-0.1, -0.05) is 34.9 Å². The van der Waals surface area contributed by atoms with Crippen molar-refractivity contribution in [2.75, 3.05) is 0 Å². The lowest BCUT2D eigenvalue weighted by molar-refractivity contribution is 0.828. The zero-order chi connectivity index (χ0) is 10.1. The van der Waals surface area contributed by atoms with Gasteiger partial charge in [0.2, 0.25) is 0 Å². The van der Waals surface area contributed by atoms with Crippen LogP contribution in [0.5, 0.6) is 0 Å². The van der Waals surface area contributed by atoms with Gasteiger partial charge < -0.3 is 4.57 Å². The Bertz CT molecular complexity index is 579. The molecule has 0 aliphatic carbocycles. The summed E-state index contributed by atoms with van der Waals surface area (Å²) >= 11 is 7.43. The number of thiazole rings is 1. The molecule has 5 heteroatoms. The van der Waals surface area contributed by atoms with Gasteiger partial charge in [0, 0.05) is 0 Å². The van der Waals surface area contributed by atoms with Crippen LogP contribution in [0.15, 0.2) is 18.2 Å². The summed E-state index contributed by atoms with van der Waals surface area (Å²) in [5.74, 6) is 2.52. The van der Waals surface area contributed by atoms with Crippen molar-refractivity contribution in [1.82, 2.24) is 4.57 Å². The van der Waals surface area contributed by atoms with Crippen LogP contribution in [0.25, 0.3) is 10.2 Å². The first kappa shape index (κ1) is 12.3. The van der Waals surface area contributed by atoms with Crippen molar-refractivity contribution >= 4 is 50.1 Å². The van der Waals surface area contributed by atoms with E-state index >= 15 is 0 Å². The highest BCUT2D eigenvalue weighted by Crippen LogP contribution is 2.24. The summed E-state index contributed by atoms with van der Waals surface area (Å²) < 4.78 is 2.74. The van der Waals surface area contributed by atoms with Gasteiger partial charge in [0.05, 0.1) is 21.8 Å². The summed E-state index contributed by atoms with van der Waals surface area (Å²) in [6.07, 6.45) is 5.24. The molecule has 0 atom stereocenters. The maximum absolute atomic E-state index is 7.73. The number of benzene rings is 1. The number of hydrogen-bond acceptors (Lipinski definition) is 2. The molecule has 0 fully saturated rings. The van der Waals surface area contributed by atoms with Crippen molar-refractivity contribution in [3.63, 3.8) is 0 Å². The smallest absolute Gasteiger partial charge is 0.183 e. The molecule has 2 aromatic rings. The van der Waals surface area contributed by atoms with E-state index in [0.29, 0.717) is 16.4 Å². The molecule has 1 N–H and O–H groups in total. The van der Waals surface area contributed by atoms with E-state index in [2.05, 4.69) is 5.92 Å². The number of fused-ring (bicyclic) bond motifs is 1. The number of para-hydroxylation sites is 1. The average molecular weight is 304 g/mol. The van der Waals surface area contributed by atoms with Crippen molar-refractivity contribution in [3.8, 4) is 12.3 Å². The van der Waals surface area contributed by atoms with Crippen molar-refractivity contribution in [2.24, 2.45) is 0 Å². The molecule has 0 aliphatic rings. The highest BCUT2D eigenvalue weighted by atomic mass is 79.9. The first-order valence-electron chi connectivity index (χ1n) is 4.00. The van der Waals surface area contributed by atoms with E-state index < -0.39 is 0 Å². The van der Waals surface area contributed by atoms with E-state index in [1.165, 1.54) is 11.3 Å². The molecule has 78 valence electrons. The predicted molar refractivity (Wildman–Crippen MR) is 69.8 cm³/mol. The van der Waals surface area contributed by atoms with E-state index in [9.17, 15) is 0 Å². The largest absolute Gasteiger partial charge is 0.304 e. The molecule has 1 heterocycles. The number of nitrogens with one attached hydrogen (secondary N) is 1. The Kier molecular flexibility index (Phi) is 3.97. The van der Waals surface area contributed by atoms with Crippen LogP contribution in [-0.4, -0.2) is 4.57 Å². The Balaban J connectivity index is 0.00000112. The molecule has 0 radical (unpaired) electrons. The van der Waals surface area contributed by atoms with Gasteiger partial charge in [0.25, 0.3) is 0 Å². The van der Waals surface area contributed by atoms with Crippen LogP contribution in [0.1, 0.15) is 0 Å². The minimum Gasteiger partial charge on any atom is -0.304 e. The van der Waals surface area contributed by atoms with E-state index in [-0.39, 0.29) is 17.0 Å². The molecular formula is C10H8BrClN2S. The first-order valence-corrected chi connectivity index (χ1v) is 5.19. The molecule has 2 rings (SSSR count). The summed E-state index contributed by atoms with van der Waals surface area (Å²) in [6.45, 7) is 0.391. The van der Waals surface area contributed by atoms with Crippen molar-refractivity contribution < 1.29 is 0 Å². The Morgan fingerprint density at radius 2 is 2.27 bits per heavy atom. The summed E-state index contributed by atoms with van der Waals surface area (Å²) in [5, 5.41) is 8.37. The maximum atomic E-state index is 7.73. The summed E-state index contributed by atoms with van der Waals surface area (Å²) in [7, 11) is 0. The fraction of sp³-hybridized carbons (Fsp3) is 0.100. The van der Waals surface area contributed by atoms with Crippen LogP contribution in [-0.2, 0) is 6.54 Å².